The number of carbonyl (C=O) groups is 3. The zero-order valence-corrected chi connectivity index (χ0v) is 24.7. The molecule has 1 aliphatic rings. The van der Waals surface area contributed by atoms with Gasteiger partial charge in [-0.15, -0.1) is 0 Å². The molecule has 0 aliphatic carbocycles. The Morgan fingerprint density at radius 2 is 1.38 bits per heavy atom. The van der Waals surface area contributed by atoms with Gasteiger partial charge in [-0.2, -0.15) is 0 Å². The van der Waals surface area contributed by atoms with Gasteiger partial charge in [0, 0.05) is 52.0 Å². The molecule has 0 spiro atoms. The van der Waals surface area contributed by atoms with Crippen LogP contribution in [-0.4, -0.2) is 34.5 Å². The molecule has 0 bridgehead atoms. The number of hydrogen-bond acceptors (Lipinski definition) is 7. The van der Waals surface area contributed by atoms with E-state index in [1.54, 1.807) is 110 Å². The maximum absolute atomic E-state index is 14.0. The van der Waals surface area contributed by atoms with Gasteiger partial charge in [-0.05, 0) is 90.8 Å². The number of carbonyl (C=O) groups excluding carboxylic acids is 3. The Morgan fingerprint density at radius 1 is 0.844 bits per heavy atom. The van der Waals surface area contributed by atoms with Crippen LogP contribution in [0, 0.1) is 5.92 Å². The largest absolute Gasteiger partial charge is 0.399 e. The fraction of sp³-hybridized carbons (Fsp3) is 0.171. The van der Waals surface area contributed by atoms with Crippen LogP contribution < -0.4 is 27.0 Å². The molecule has 5 rings (SSSR count). The molecule has 0 saturated heterocycles. The normalized spacial score (nSPS) is 16.4. The second kappa shape index (κ2) is 13.0. The van der Waals surface area contributed by atoms with Gasteiger partial charge in [0.25, 0.3) is 17.7 Å². The zero-order chi connectivity index (χ0) is 32.1. The maximum atomic E-state index is 14.0. The lowest BCUT2D eigenvalue weighted by Gasteiger charge is -2.28. The van der Waals surface area contributed by atoms with E-state index in [-0.39, 0.29) is 25.0 Å². The Hall–Kier alpha value is -5.45. The predicted molar refractivity (Wildman–Crippen MR) is 176 cm³/mol. The van der Waals surface area contributed by atoms with E-state index < -0.39 is 17.4 Å². The molecule has 230 valence electrons. The minimum atomic E-state index is -1.92. The van der Waals surface area contributed by atoms with Crippen molar-refractivity contribution in [2.45, 2.75) is 25.5 Å². The number of nitrogens with one attached hydrogen (secondary N) is 2. The molecule has 8 N–H and O–H groups in total. The summed E-state index contributed by atoms with van der Waals surface area (Å²) < 4.78 is 0. The fourth-order valence-electron chi connectivity index (χ4n) is 5.25. The van der Waals surface area contributed by atoms with Crippen LogP contribution in [-0.2, 0) is 16.9 Å². The van der Waals surface area contributed by atoms with Crippen molar-refractivity contribution in [1.29, 1.82) is 0 Å². The van der Waals surface area contributed by atoms with Gasteiger partial charge in [0.2, 0.25) is 0 Å². The molecule has 0 aromatic heterocycles. The number of nitrogen functional groups attached to an aromatic ring is 2. The Kier molecular flexibility index (Phi) is 8.98. The van der Waals surface area contributed by atoms with E-state index >= 15 is 0 Å². The number of hydrogen-bond donors (Lipinski definition) is 6. The van der Waals surface area contributed by atoms with Gasteiger partial charge in [0.15, 0.2) is 5.60 Å². The van der Waals surface area contributed by atoms with E-state index in [0.717, 1.165) is 5.56 Å². The first kappa shape index (κ1) is 31.0. The van der Waals surface area contributed by atoms with E-state index in [9.17, 15) is 24.6 Å². The topological polar surface area (TPSA) is 171 Å². The molecule has 1 heterocycles. The van der Waals surface area contributed by atoms with E-state index in [1.165, 1.54) is 4.90 Å². The fourth-order valence-corrected chi connectivity index (χ4v) is 5.25. The molecule has 3 amide bonds. The summed E-state index contributed by atoms with van der Waals surface area (Å²) in [5.74, 6) is -1.80. The minimum Gasteiger partial charge on any atom is -0.399 e. The highest BCUT2D eigenvalue weighted by atomic mass is 16.3. The van der Waals surface area contributed by atoms with Crippen LogP contribution >= 0.6 is 0 Å². The quantitative estimate of drug-likeness (QED) is 0.113. The highest BCUT2D eigenvalue weighted by Crippen LogP contribution is 2.47. The summed E-state index contributed by atoms with van der Waals surface area (Å²) in [5.41, 5.74) is 14.1. The smallest absolute Gasteiger partial charge is 0.264 e. The number of anilines is 5. The number of benzene rings is 4. The molecule has 2 atom stereocenters. The van der Waals surface area contributed by atoms with Crippen molar-refractivity contribution in [2.75, 3.05) is 33.6 Å². The first-order valence-corrected chi connectivity index (χ1v) is 14.5. The molecule has 0 saturated carbocycles. The Bertz CT molecular complexity index is 1740. The third kappa shape index (κ3) is 6.57. The lowest BCUT2D eigenvalue weighted by Crippen LogP contribution is -2.44. The molecular formula is C35H35N5O5. The number of nitrogens with zero attached hydrogens (tertiary/aromatic N) is 1. The number of nitrogens with two attached hydrogens (primary N) is 2. The van der Waals surface area contributed by atoms with Crippen molar-refractivity contribution in [3.05, 3.63) is 125 Å². The van der Waals surface area contributed by atoms with Gasteiger partial charge < -0.3 is 37.2 Å². The minimum absolute atomic E-state index is 0.0595. The van der Waals surface area contributed by atoms with Crippen LogP contribution in [0.4, 0.5) is 28.4 Å². The Balaban J connectivity index is 1.40. The summed E-state index contributed by atoms with van der Waals surface area (Å²) in [6, 6.07) is 25.2. The lowest BCUT2D eigenvalue weighted by molar-refractivity contribution is -0.139. The molecule has 4 aromatic rings. The SMILES string of the molecule is C[C@@H](/C=C/CCO)[C@]1(O)C(=O)N(Cc2ccc(NC(=O)c3ccc(N)cc3)cc2)c2ccc(NC(=O)c3ccc(N)cc3)cc21. The average molecular weight is 606 g/mol. The summed E-state index contributed by atoms with van der Waals surface area (Å²) >= 11 is 0. The predicted octanol–water partition coefficient (Wildman–Crippen LogP) is 4.66. The number of amides is 3. The summed E-state index contributed by atoms with van der Waals surface area (Å²) in [6.45, 7) is 1.83. The monoisotopic (exact) mass is 605 g/mol. The second-order valence-corrected chi connectivity index (χ2v) is 11.0. The highest BCUT2D eigenvalue weighted by Gasteiger charge is 2.52. The molecule has 45 heavy (non-hydrogen) atoms. The van der Waals surface area contributed by atoms with Crippen LogP contribution in [0.2, 0.25) is 0 Å². The van der Waals surface area contributed by atoms with Gasteiger partial charge in [0.05, 0.1) is 12.2 Å². The van der Waals surface area contributed by atoms with Gasteiger partial charge in [-0.1, -0.05) is 31.2 Å². The summed E-state index contributed by atoms with van der Waals surface area (Å²) in [6.07, 6.45) is 3.81. The van der Waals surface area contributed by atoms with Gasteiger partial charge in [-0.3, -0.25) is 14.4 Å². The molecule has 0 unspecified atom stereocenters. The summed E-state index contributed by atoms with van der Waals surface area (Å²) in [7, 11) is 0. The van der Waals surface area contributed by atoms with E-state index in [2.05, 4.69) is 10.6 Å². The Labute approximate surface area is 261 Å². The van der Waals surface area contributed by atoms with Crippen molar-refractivity contribution in [1.82, 2.24) is 0 Å². The van der Waals surface area contributed by atoms with E-state index in [4.69, 9.17) is 11.5 Å². The van der Waals surface area contributed by atoms with Gasteiger partial charge in [-0.25, -0.2) is 0 Å². The summed E-state index contributed by atoms with van der Waals surface area (Å²) in [4.78, 5) is 41.0. The van der Waals surface area contributed by atoms with E-state index in [0.29, 0.717) is 51.5 Å². The average Bonchev–Trinajstić information content (AvgIpc) is 3.24. The molecular weight excluding hydrogens is 570 g/mol. The maximum Gasteiger partial charge on any atom is 0.264 e. The lowest BCUT2D eigenvalue weighted by atomic mass is 9.82. The van der Waals surface area contributed by atoms with Crippen LogP contribution in [0.3, 0.4) is 0 Å². The zero-order valence-electron chi connectivity index (χ0n) is 24.7. The standard InChI is InChI=1S/C35H35N5O5/c1-22(4-2-3-19-41)35(45)30-20-29(39-33(43)25-9-13-27(37)14-10-25)17-18-31(30)40(34(35)44)21-23-5-15-28(16-6-23)38-32(42)24-7-11-26(36)12-8-24/h2,4-18,20,22,41,45H,3,19,21,36-37H2,1H3,(H,38,42)(H,39,43)/b4-2+/t22-,35+/m0/s1. The van der Waals surface area contributed by atoms with Gasteiger partial charge in [0.1, 0.15) is 0 Å². The van der Waals surface area contributed by atoms with Crippen molar-refractivity contribution in [3.63, 3.8) is 0 Å². The highest BCUT2D eigenvalue weighted by molar-refractivity contribution is 6.09. The number of aliphatic hydroxyl groups is 2. The van der Waals surface area contributed by atoms with Crippen LogP contribution in [0.1, 0.15) is 45.2 Å². The van der Waals surface area contributed by atoms with Crippen LogP contribution in [0.15, 0.2) is 103 Å². The summed E-state index contributed by atoms with van der Waals surface area (Å²) in [5, 5.41) is 26.9. The van der Waals surface area contributed by atoms with Crippen LogP contribution in [0.5, 0.6) is 0 Å². The number of fused-ring (bicyclic) bond motifs is 1. The molecule has 10 nitrogen and oxygen atoms in total. The second-order valence-electron chi connectivity index (χ2n) is 11.0. The molecule has 0 radical (unpaired) electrons. The molecule has 4 aromatic carbocycles. The van der Waals surface area contributed by atoms with Crippen molar-refractivity contribution in [2.24, 2.45) is 5.92 Å². The van der Waals surface area contributed by atoms with Crippen LogP contribution in [0.25, 0.3) is 0 Å². The van der Waals surface area contributed by atoms with Gasteiger partial charge >= 0.3 is 0 Å². The number of rotatable bonds is 10. The first-order valence-electron chi connectivity index (χ1n) is 14.5. The first-order chi connectivity index (χ1) is 21.6. The van der Waals surface area contributed by atoms with E-state index in [1.807, 2.05) is 0 Å². The van der Waals surface area contributed by atoms with Crippen molar-refractivity contribution in [3.8, 4) is 0 Å². The van der Waals surface area contributed by atoms with Crippen molar-refractivity contribution < 1.29 is 24.6 Å². The molecule has 1 aliphatic heterocycles. The third-order valence-corrected chi connectivity index (χ3v) is 7.80. The van der Waals surface area contributed by atoms with Crippen molar-refractivity contribution >= 4 is 46.2 Å². The molecule has 0 fully saturated rings. The Morgan fingerprint density at radius 3 is 1.93 bits per heavy atom. The molecule has 10 heteroatoms. The third-order valence-electron chi connectivity index (χ3n) is 7.80. The number of aliphatic hydroxyl groups excluding tert-OH is 1.